The van der Waals surface area contributed by atoms with E-state index in [1.54, 1.807) is 0 Å². The Kier molecular flexibility index (Phi) is 5.87. The van der Waals surface area contributed by atoms with Crippen LogP contribution < -0.4 is 0 Å². The monoisotopic (exact) mass is 396 g/mol. The molecule has 2 amide bonds. The molecule has 4 rings (SSSR count). The highest BCUT2D eigenvalue weighted by Gasteiger charge is 2.42. The Morgan fingerprint density at radius 3 is 1.60 bits per heavy atom. The van der Waals surface area contributed by atoms with E-state index in [0.29, 0.717) is 13.1 Å². The maximum absolute atomic E-state index is 12.5. The van der Waals surface area contributed by atoms with Gasteiger partial charge in [-0.05, 0) is 48.9 Å². The summed E-state index contributed by atoms with van der Waals surface area (Å²) in [6.45, 7) is 2.86. The molecule has 2 aliphatic heterocycles. The van der Waals surface area contributed by atoms with Gasteiger partial charge in [0.05, 0.1) is 0 Å². The molecule has 2 aromatic rings. The average Bonchev–Trinajstić information content (AvgIpc) is 3.21. The third-order valence-electron chi connectivity index (χ3n) is 6.01. The zero-order valence-corrected chi connectivity index (χ0v) is 16.9. The molecule has 0 saturated carbocycles. The van der Waals surface area contributed by atoms with Crippen molar-refractivity contribution in [1.82, 2.24) is 9.80 Å². The summed E-state index contributed by atoms with van der Waals surface area (Å²) >= 11 is 0. The number of hydrogen-bond donors (Lipinski definition) is 0. The fraction of sp³-hybridized carbons (Fsp3) is 0.308. The number of benzene rings is 2. The molecule has 2 fully saturated rings. The summed E-state index contributed by atoms with van der Waals surface area (Å²) in [5, 5.41) is 0. The number of carbonyl (C=O) groups is 2. The lowest BCUT2D eigenvalue weighted by atomic mass is 9.78. The molecule has 0 N–H and O–H groups in total. The molecule has 0 radical (unpaired) electrons. The lowest BCUT2D eigenvalue weighted by molar-refractivity contribution is -0.128. The quantitative estimate of drug-likeness (QED) is 0.643. The lowest BCUT2D eigenvalue weighted by Gasteiger charge is -2.38. The zero-order valence-electron chi connectivity index (χ0n) is 16.9. The normalized spacial score (nSPS) is 16.9. The second-order valence-electron chi connectivity index (χ2n) is 8.00. The Balaban J connectivity index is 1.31. The summed E-state index contributed by atoms with van der Waals surface area (Å²) in [7, 11) is 0. The fourth-order valence-corrected chi connectivity index (χ4v) is 4.15. The Morgan fingerprint density at radius 1 is 0.667 bits per heavy atom. The Labute approximate surface area is 177 Å². The zero-order chi connectivity index (χ0) is 20.8. The van der Waals surface area contributed by atoms with E-state index in [2.05, 4.69) is 23.7 Å². The standard InChI is InChI=1S/C26H24N2O2/c29-24(13-11-22-7-3-1-4-8-22)27-18-15-26(16-19-27)17-20-28(21-26)25(30)14-12-23-9-5-2-6-10-23/h1-10H,15-21H2. The molecular weight excluding hydrogens is 372 g/mol. The third-order valence-corrected chi connectivity index (χ3v) is 6.01. The molecule has 1 spiro atoms. The van der Waals surface area contributed by atoms with E-state index >= 15 is 0 Å². The van der Waals surface area contributed by atoms with Crippen LogP contribution in [0.5, 0.6) is 0 Å². The van der Waals surface area contributed by atoms with Gasteiger partial charge in [0.2, 0.25) is 0 Å². The topological polar surface area (TPSA) is 40.6 Å². The van der Waals surface area contributed by atoms with Crippen LogP contribution in [0, 0.1) is 29.1 Å². The second-order valence-corrected chi connectivity index (χ2v) is 8.00. The Hall–Kier alpha value is -3.50. The maximum atomic E-state index is 12.5. The van der Waals surface area contributed by atoms with Gasteiger partial charge in [-0.3, -0.25) is 9.59 Å². The molecule has 2 heterocycles. The highest BCUT2D eigenvalue weighted by Crippen LogP contribution is 2.40. The SMILES string of the molecule is O=C(C#Cc1ccccc1)N1CCC2(CC1)CCN(C(=O)C#Cc1ccccc1)C2. The van der Waals surface area contributed by atoms with E-state index in [4.69, 9.17) is 0 Å². The summed E-state index contributed by atoms with van der Waals surface area (Å²) in [6, 6.07) is 19.1. The minimum absolute atomic E-state index is 0.105. The minimum Gasteiger partial charge on any atom is -0.332 e. The highest BCUT2D eigenvalue weighted by molar-refractivity contribution is 5.95. The predicted octanol–water partition coefficient (Wildman–Crippen LogP) is 2.93. The van der Waals surface area contributed by atoms with E-state index < -0.39 is 0 Å². The van der Waals surface area contributed by atoms with Crippen molar-refractivity contribution in [2.45, 2.75) is 19.3 Å². The van der Waals surface area contributed by atoms with Gasteiger partial charge in [0.1, 0.15) is 0 Å². The van der Waals surface area contributed by atoms with Gasteiger partial charge in [-0.1, -0.05) is 48.2 Å². The molecule has 0 aromatic heterocycles. The fourth-order valence-electron chi connectivity index (χ4n) is 4.15. The van der Waals surface area contributed by atoms with Crippen LogP contribution in [0.2, 0.25) is 0 Å². The maximum Gasteiger partial charge on any atom is 0.298 e. The largest absolute Gasteiger partial charge is 0.332 e. The number of hydrogen-bond acceptors (Lipinski definition) is 2. The van der Waals surface area contributed by atoms with Gasteiger partial charge in [-0.2, -0.15) is 0 Å². The predicted molar refractivity (Wildman–Crippen MR) is 116 cm³/mol. The van der Waals surface area contributed by atoms with Crippen LogP contribution in [-0.4, -0.2) is 47.8 Å². The molecule has 2 aromatic carbocycles. The van der Waals surface area contributed by atoms with Crippen LogP contribution in [0.4, 0.5) is 0 Å². The third kappa shape index (κ3) is 4.73. The number of nitrogens with zero attached hydrogens (tertiary/aromatic N) is 2. The first-order chi connectivity index (χ1) is 14.6. The van der Waals surface area contributed by atoms with Gasteiger partial charge >= 0.3 is 0 Å². The number of piperidine rings is 1. The Bertz CT molecular complexity index is 1030. The van der Waals surface area contributed by atoms with Gasteiger partial charge < -0.3 is 9.80 Å². The molecule has 0 atom stereocenters. The first-order valence-corrected chi connectivity index (χ1v) is 10.4. The number of rotatable bonds is 0. The van der Waals surface area contributed by atoms with Gasteiger partial charge in [0.15, 0.2) is 0 Å². The van der Waals surface area contributed by atoms with E-state index in [9.17, 15) is 9.59 Å². The van der Waals surface area contributed by atoms with Crippen LogP contribution in [0.25, 0.3) is 0 Å². The number of amides is 2. The molecule has 30 heavy (non-hydrogen) atoms. The Morgan fingerprint density at radius 2 is 1.10 bits per heavy atom. The van der Waals surface area contributed by atoms with Crippen molar-refractivity contribution in [2.75, 3.05) is 26.2 Å². The van der Waals surface area contributed by atoms with Crippen molar-refractivity contribution in [3.05, 3.63) is 71.8 Å². The average molecular weight is 396 g/mol. The molecule has 2 aliphatic rings. The van der Waals surface area contributed by atoms with Gasteiger partial charge in [-0.25, -0.2) is 0 Å². The highest BCUT2D eigenvalue weighted by atomic mass is 16.2. The summed E-state index contributed by atoms with van der Waals surface area (Å²) in [6.07, 6.45) is 2.78. The first kappa shape index (κ1) is 19.8. The van der Waals surface area contributed by atoms with Gasteiger partial charge in [0, 0.05) is 49.1 Å². The first-order valence-electron chi connectivity index (χ1n) is 10.4. The summed E-state index contributed by atoms with van der Waals surface area (Å²) in [5.41, 5.74) is 1.80. The second kappa shape index (κ2) is 8.89. The number of carbonyl (C=O) groups excluding carboxylic acids is 2. The summed E-state index contributed by atoms with van der Waals surface area (Å²) in [4.78, 5) is 28.6. The van der Waals surface area contributed by atoms with Crippen molar-refractivity contribution in [3.8, 4) is 23.7 Å². The molecule has 0 aliphatic carbocycles. The summed E-state index contributed by atoms with van der Waals surface area (Å²) in [5.74, 6) is 11.2. The van der Waals surface area contributed by atoms with Gasteiger partial charge in [-0.15, -0.1) is 0 Å². The van der Waals surface area contributed by atoms with Crippen LogP contribution in [-0.2, 0) is 9.59 Å². The van der Waals surface area contributed by atoms with Crippen molar-refractivity contribution in [1.29, 1.82) is 0 Å². The molecule has 4 nitrogen and oxygen atoms in total. The van der Waals surface area contributed by atoms with Crippen LogP contribution in [0.15, 0.2) is 60.7 Å². The van der Waals surface area contributed by atoms with Crippen molar-refractivity contribution in [2.24, 2.45) is 5.41 Å². The van der Waals surface area contributed by atoms with Crippen molar-refractivity contribution in [3.63, 3.8) is 0 Å². The minimum atomic E-state index is -0.117. The van der Waals surface area contributed by atoms with Crippen molar-refractivity contribution < 1.29 is 9.59 Å². The molecule has 0 unspecified atom stereocenters. The van der Waals surface area contributed by atoms with E-state index in [1.807, 2.05) is 70.5 Å². The van der Waals surface area contributed by atoms with Gasteiger partial charge in [0.25, 0.3) is 11.8 Å². The van der Waals surface area contributed by atoms with Crippen LogP contribution >= 0.6 is 0 Å². The molecular formula is C26H24N2O2. The molecule has 2 saturated heterocycles. The van der Waals surface area contributed by atoms with Crippen LogP contribution in [0.1, 0.15) is 30.4 Å². The van der Waals surface area contributed by atoms with Crippen molar-refractivity contribution >= 4 is 11.8 Å². The molecule has 0 bridgehead atoms. The van der Waals surface area contributed by atoms with E-state index in [-0.39, 0.29) is 17.2 Å². The van der Waals surface area contributed by atoms with E-state index in [0.717, 1.165) is 43.5 Å². The van der Waals surface area contributed by atoms with E-state index in [1.165, 1.54) is 0 Å². The molecule has 4 heteroatoms. The molecule has 150 valence electrons. The lowest BCUT2D eigenvalue weighted by Crippen LogP contribution is -2.44. The smallest absolute Gasteiger partial charge is 0.298 e. The summed E-state index contributed by atoms with van der Waals surface area (Å²) < 4.78 is 0. The van der Waals surface area contributed by atoms with Crippen LogP contribution in [0.3, 0.4) is 0 Å². The number of likely N-dealkylation sites (tertiary alicyclic amines) is 2.